The summed E-state index contributed by atoms with van der Waals surface area (Å²) in [5, 5.41) is 1.19. The van der Waals surface area contributed by atoms with Gasteiger partial charge < -0.3 is 0 Å². The van der Waals surface area contributed by atoms with Crippen molar-refractivity contribution in [2.24, 2.45) is 5.92 Å². The molecule has 1 unspecified atom stereocenters. The molecule has 0 N–H and O–H groups in total. The number of nitrogens with zero attached hydrogens (tertiary/aromatic N) is 1. The van der Waals surface area contributed by atoms with Gasteiger partial charge in [0, 0.05) is 23.9 Å². The van der Waals surface area contributed by atoms with Crippen molar-refractivity contribution in [1.29, 1.82) is 0 Å². The Morgan fingerprint density at radius 1 is 1.17 bits per heavy atom. The van der Waals surface area contributed by atoms with Gasteiger partial charge in [0.2, 0.25) is 0 Å². The zero-order valence-electron chi connectivity index (χ0n) is 10.4. The zero-order valence-corrected chi connectivity index (χ0v) is 10.4. The number of rotatable bonds is 2. The summed E-state index contributed by atoms with van der Waals surface area (Å²) in [4.78, 5) is 16.3. The number of carbonyl (C=O) groups is 1. The summed E-state index contributed by atoms with van der Waals surface area (Å²) in [6, 6.07) is 10.2. The predicted molar refractivity (Wildman–Crippen MR) is 72.4 cm³/mol. The lowest BCUT2D eigenvalue weighted by atomic mass is 9.83. The van der Waals surface area contributed by atoms with Gasteiger partial charge in [0.15, 0.2) is 0 Å². The van der Waals surface area contributed by atoms with E-state index < -0.39 is 0 Å². The first-order valence-corrected chi connectivity index (χ1v) is 6.70. The molecule has 1 aromatic carbocycles. The fourth-order valence-corrected chi connectivity index (χ4v) is 2.87. The van der Waals surface area contributed by atoms with Crippen LogP contribution in [0.15, 0.2) is 36.5 Å². The van der Waals surface area contributed by atoms with Gasteiger partial charge in [-0.05, 0) is 37.0 Å². The molecule has 2 aromatic rings. The molecule has 2 nitrogen and oxygen atoms in total. The lowest BCUT2D eigenvalue weighted by molar-refractivity contribution is -0.124. The summed E-state index contributed by atoms with van der Waals surface area (Å²) in [5.41, 5.74) is 2.29. The molecule has 1 aliphatic carbocycles. The highest BCUT2D eigenvalue weighted by molar-refractivity contribution is 5.85. The average Bonchev–Trinajstić information content (AvgIpc) is 2.42. The van der Waals surface area contributed by atoms with Gasteiger partial charge in [-0.25, -0.2) is 0 Å². The van der Waals surface area contributed by atoms with E-state index in [4.69, 9.17) is 0 Å². The Bertz CT molecular complexity index is 571. The molecule has 1 fully saturated rings. The first-order chi connectivity index (χ1) is 8.84. The quantitative estimate of drug-likeness (QED) is 0.802. The van der Waals surface area contributed by atoms with Crippen LogP contribution in [0.2, 0.25) is 0 Å². The number of Topliss-reactive ketones (excluding diaryl/α,β-unsaturated/α-hetero) is 1. The van der Waals surface area contributed by atoms with Gasteiger partial charge in [0.25, 0.3) is 0 Å². The molecule has 0 amide bonds. The summed E-state index contributed by atoms with van der Waals surface area (Å²) in [5.74, 6) is 0.673. The number of ketones is 1. The normalized spacial score (nSPS) is 20.2. The van der Waals surface area contributed by atoms with Crippen LogP contribution in [0.5, 0.6) is 0 Å². The van der Waals surface area contributed by atoms with Gasteiger partial charge in [-0.15, -0.1) is 0 Å². The first-order valence-electron chi connectivity index (χ1n) is 6.70. The van der Waals surface area contributed by atoms with E-state index in [0.29, 0.717) is 5.78 Å². The van der Waals surface area contributed by atoms with Crippen molar-refractivity contribution in [3.8, 4) is 0 Å². The molecule has 92 valence electrons. The fourth-order valence-electron chi connectivity index (χ4n) is 2.87. The molecule has 1 atom stereocenters. The minimum Gasteiger partial charge on any atom is -0.299 e. The number of pyridine rings is 1. The lowest BCUT2D eigenvalue weighted by Crippen LogP contribution is -2.21. The predicted octanol–water partition coefficient (Wildman–Crippen LogP) is 3.54. The number of aromatic nitrogens is 1. The van der Waals surface area contributed by atoms with E-state index in [9.17, 15) is 4.79 Å². The Labute approximate surface area is 107 Å². The molecule has 18 heavy (non-hydrogen) atoms. The van der Waals surface area contributed by atoms with E-state index in [0.717, 1.165) is 31.2 Å². The van der Waals surface area contributed by atoms with Crippen LogP contribution in [0, 0.1) is 5.92 Å². The van der Waals surface area contributed by atoms with E-state index in [2.05, 4.69) is 17.1 Å². The molecular weight excluding hydrogens is 222 g/mol. The summed E-state index contributed by atoms with van der Waals surface area (Å²) < 4.78 is 0. The molecule has 0 spiro atoms. The Morgan fingerprint density at radius 3 is 2.94 bits per heavy atom. The van der Waals surface area contributed by atoms with E-state index in [-0.39, 0.29) is 5.92 Å². The highest BCUT2D eigenvalue weighted by atomic mass is 16.1. The average molecular weight is 239 g/mol. The topological polar surface area (TPSA) is 30.0 Å². The molecule has 2 heteroatoms. The molecule has 1 aromatic heterocycles. The van der Waals surface area contributed by atoms with Crippen LogP contribution >= 0.6 is 0 Å². The van der Waals surface area contributed by atoms with Crippen LogP contribution in [0.3, 0.4) is 0 Å². The Morgan fingerprint density at radius 2 is 2.06 bits per heavy atom. The highest BCUT2D eigenvalue weighted by Gasteiger charge is 2.22. The van der Waals surface area contributed by atoms with Gasteiger partial charge in [-0.1, -0.05) is 24.6 Å². The van der Waals surface area contributed by atoms with Gasteiger partial charge in [0.1, 0.15) is 5.78 Å². The third kappa shape index (κ3) is 2.15. The third-order valence-corrected chi connectivity index (χ3v) is 3.89. The van der Waals surface area contributed by atoms with E-state index in [1.807, 2.05) is 24.4 Å². The van der Waals surface area contributed by atoms with Crippen molar-refractivity contribution < 1.29 is 4.79 Å². The molecule has 1 saturated carbocycles. The minimum absolute atomic E-state index is 0.226. The minimum atomic E-state index is 0.226. The second-order valence-electron chi connectivity index (χ2n) is 5.10. The van der Waals surface area contributed by atoms with Gasteiger partial charge >= 0.3 is 0 Å². The van der Waals surface area contributed by atoms with Gasteiger partial charge in [0.05, 0.1) is 5.52 Å². The second-order valence-corrected chi connectivity index (χ2v) is 5.10. The smallest absolute Gasteiger partial charge is 0.136 e. The molecular formula is C16H17NO. The summed E-state index contributed by atoms with van der Waals surface area (Å²) in [6.07, 6.45) is 6.82. The van der Waals surface area contributed by atoms with Crippen LogP contribution < -0.4 is 0 Å². The molecule has 0 bridgehead atoms. The van der Waals surface area contributed by atoms with E-state index >= 15 is 0 Å². The van der Waals surface area contributed by atoms with Crippen molar-refractivity contribution >= 4 is 16.7 Å². The van der Waals surface area contributed by atoms with Crippen molar-refractivity contribution in [3.63, 3.8) is 0 Å². The molecule has 1 heterocycles. The Balaban J connectivity index is 1.92. The van der Waals surface area contributed by atoms with Crippen LogP contribution in [0.1, 0.15) is 31.2 Å². The number of carbonyl (C=O) groups excluding carboxylic acids is 1. The van der Waals surface area contributed by atoms with Crippen LogP contribution in [-0.4, -0.2) is 10.8 Å². The van der Waals surface area contributed by atoms with Gasteiger partial charge in [-0.3, -0.25) is 9.78 Å². The number of fused-ring (bicyclic) bond motifs is 1. The summed E-state index contributed by atoms with van der Waals surface area (Å²) in [7, 11) is 0. The molecule has 0 saturated heterocycles. The van der Waals surface area contributed by atoms with Crippen molar-refractivity contribution in [1.82, 2.24) is 4.98 Å². The number of benzene rings is 1. The van der Waals surface area contributed by atoms with E-state index in [1.165, 1.54) is 17.4 Å². The van der Waals surface area contributed by atoms with Crippen LogP contribution in [0.25, 0.3) is 10.9 Å². The molecule has 0 radical (unpaired) electrons. The van der Waals surface area contributed by atoms with Gasteiger partial charge in [-0.2, -0.15) is 0 Å². The summed E-state index contributed by atoms with van der Waals surface area (Å²) >= 11 is 0. The van der Waals surface area contributed by atoms with Crippen LogP contribution in [-0.2, 0) is 11.2 Å². The standard InChI is InChI=1S/C16H17NO/c18-16-8-4-1-5-13(16)11-12-9-10-17-15-7-3-2-6-14(12)15/h2-3,6-7,9-10,13H,1,4-5,8,11H2. The maximum Gasteiger partial charge on any atom is 0.136 e. The zero-order chi connectivity index (χ0) is 12.4. The Kier molecular flexibility index (Phi) is 3.09. The Hall–Kier alpha value is -1.70. The van der Waals surface area contributed by atoms with Crippen LogP contribution in [0.4, 0.5) is 0 Å². The highest BCUT2D eigenvalue weighted by Crippen LogP contribution is 2.26. The second kappa shape index (κ2) is 4.89. The van der Waals surface area contributed by atoms with E-state index in [1.54, 1.807) is 0 Å². The molecule has 3 rings (SSSR count). The number of hydrogen-bond acceptors (Lipinski definition) is 2. The fraction of sp³-hybridized carbons (Fsp3) is 0.375. The lowest BCUT2D eigenvalue weighted by Gasteiger charge is -2.20. The van der Waals surface area contributed by atoms with Crippen molar-refractivity contribution in [2.45, 2.75) is 32.1 Å². The maximum absolute atomic E-state index is 11.9. The molecule has 0 aliphatic heterocycles. The maximum atomic E-state index is 11.9. The van der Waals surface area contributed by atoms with Crippen molar-refractivity contribution in [2.75, 3.05) is 0 Å². The monoisotopic (exact) mass is 239 g/mol. The number of para-hydroxylation sites is 1. The van der Waals surface area contributed by atoms with Crippen molar-refractivity contribution in [3.05, 3.63) is 42.1 Å². The largest absolute Gasteiger partial charge is 0.299 e. The number of hydrogen-bond donors (Lipinski definition) is 0. The SMILES string of the molecule is O=C1CCCCC1Cc1ccnc2ccccc12. The first kappa shape index (κ1) is 11.4. The third-order valence-electron chi connectivity index (χ3n) is 3.89. The molecule has 1 aliphatic rings. The summed E-state index contributed by atoms with van der Waals surface area (Å²) in [6.45, 7) is 0.